The van der Waals surface area contributed by atoms with Crippen LogP contribution in [0.4, 0.5) is 5.69 Å². The largest absolute Gasteiger partial charge is 0.493 e. The molecule has 7 heteroatoms. The van der Waals surface area contributed by atoms with Crippen LogP contribution in [0.1, 0.15) is 18.9 Å². The van der Waals surface area contributed by atoms with Gasteiger partial charge >= 0.3 is 0 Å². The van der Waals surface area contributed by atoms with E-state index in [1.54, 1.807) is 24.4 Å². The van der Waals surface area contributed by atoms with Crippen molar-refractivity contribution in [1.29, 1.82) is 0 Å². The molecule has 0 unspecified atom stereocenters. The van der Waals surface area contributed by atoms with E-state index in [1.165, 1.54) is 4.90 Å². The Bertz CT molecular complexity index is 1140. The van der Waals surface area contributed by atoms with Gasteiger partial charge in [0, 0.05) is 5.56 Å². The Kier molecular flexibility index (Phi) is 6.12. The number of anilines is 1. The molecule has 1 aliphatic rings. The maximum Gasteiger partial charge on any atom is 0.265 e. The molecule has 0 radical (unpaired) electrons. The molecule has 0 bridgehead atoms. The van der Waals surface area contributed by atoms with E-state index in [-0.39, 0.29) is 19.1 Å². The number of hydrazone groups is 1. The summed E-state index contributed by atoms with van der Waals surface area (Å²) in [5.41, 5.74) is 3.88. The molecule has 7 nitrogen and oxygen atoms in total. The molecule has 0 saturated heterocycles. The highest BCUT2D eigenvalue weighted by molar-refractivity contribution is 6.04. The van der Waals surface area contributed by atoms with Crippen LogP contribution in [0.2, 0.25) is 0 Å². The Morgan fingerprint density at radius 1 is 1.16 bits per heavy atom. The topological polar surface area (TPSA) is 80.2 Å². The van der Waals surface area contributed by atoms with Gasteiger partial charge in [-0.15, -0.1) is 0 Å². The molecule has 0 spiro atoms. The minimum Gasteiger partial charge on any atom is -0.493 e. The summed E-state index contributed by atoms with van der Waals surface area (Å²) in [6.45, 7) is 2.39. The van der Waals surface area contributed by atoms with Crippen molar-refractivity contribution in [2.24, 2.45) is 5.10 Å². The van der Waals surface area contributed by atoms with Crippen LogP contribution in [0.25, 0.3) is 10.8 Å². The highest BCUT2D eigenvalue weighted by atomic mass is 16.5. The number of amides is 2. The summed E-state index contributed by atoms with van der Waals surface area (Å²) in [5, 5.41) is 6.16. The molecule has 0 saturated carbocycles. The van der Waals surface area contributed by atoms with Crippen LogP contribution < -0.4 is 19.8 Å². The fourth-order valence-electron chi connectivity index (χ4n) is 3.42. The first kappa shape index (κ1) is 20.4. The van der Waals surface area contributed by atoms with Gasteiger partial charge in [0.15, 0.2) is 6.61 Å². The van der Waals surface area contributed by atoms with Gasteiger partial charge in [0.2, 0.25) is 0 Å². The van der Waals surface area contributed by atoms with Crippen molar-refractivity contribution >= 4 is 34.5 Å². The fraction of sp³-hybridized carbons (Fsp3) is 0.208. The van der Waals surface area contributed by atoms with E-state index in [1.807, 2.05) is 49.4 Å². The monoisotopic (exact) mass is 417 g/mol. The van der Waals surface area contributed by atoms with Gasteiger partial charge in [-0.2, -0.15) is 5.10 Å². The first-order chi connectivity index (χ1) is 15.2. The minimum atomic E-state index is -0.405. The Labute approximate surface area is 180 Å². The summed E-state index contributed by atoms with van der Waals surface area (Å²) in [4.78, 5) is 26.1. The van der Waals surface area contributed by atoms with E-state index in [9.17, 15) is 9.59 Å². The van der Waals surface area contributed by atoms with Crippen LogP contribution in [-0.2, 0) is 9.59 Å². The zero-order valence-electron chi connectivity index (χ0n) is 17.2. The summed E-state index contributed by atoms with van der Waals surface area (Å²) in [6, 6.07) is 18.9. The molecule has 0 aromatic heterocycles. The van der Waals surface area contributed by atoms with Gasteiger partial charge in [-0.25, -0.2) is 5.43 Å². The zero-order valence-corrected chi connectivity index (χ0v) is 17.2. The molecule has 1 aliphatic heterocycles. The van der Waals surface area contributed by atoms with E-state index < -0.39 is 5.91 Å². The molecule has 158 valence electrons. The minimum absolute atomic E-state index is 0.0955. The predicted octanol–water partition coefficient (Wildman–Crippen LogP) is 3.50. The summed E-state index contributed by atoms with van der Waals surface area (Å²) in [6.07, 6.45) is 2.47. The third-order valence-corrected chi connectivity index (χ3v) is 4.89. The summed E-state index contributed by atoms with van der Waals surface area (Å²) < 4.78 is 11.3. The number of nitrogens with one attached hydrogen (secondary N) is 1. The van der Waals surface area contributed by atoms with Gasteiger partial charge in [-0.3, -0.25) is 14.5 Å². The first-order valence-electron chi connectivity index (χ1n) is 10.2. The molecule has 0 atom stereocenters. The number of rotatable bonds is 7. The zero-order chi connectivity index (χ0) is 21.6. The fourth-order valence-corrected chi connectivity index (χ4v) is 3.42. The average Bonchev–Trinajstić information content (AvgIpc) is 2.80. The number of hydrogen-bond donors (Lipinski definition) is 1. The van der Waals surface area contributed by atoms with E-state index in [4.69, 9.17) is 9.47 Å². The molecule has 4 rings (SSSR count). The van der Waals surface area contributed by atoms with Gasteiger partial charge in [0.05, 0.1) is 18.5 Å². The van der Waals surface area contributed by atoms with Gasteiger partial charge in [-0.1, -0.05) is 49.4 Å². The van der Waals surface area contributed by atoms with Crippen LogP contribution in [0.3, 0.4) is 0 Å². The van der Waals surface area contributed by atoms with Crippen molar-refractivity contribution in [3.8, 4) is 11.5 Å². The Morgan fingerprint density at radius 3 is 2.84 bits per heavy atom. The van der Waals surface area contributed by atoms with Crippen molar-refractivity contribution in [2.75, 3.05) is 24.7 Å². The van der Waals surface area contributed by atoms with E-state index in [0.29, 0.717) is 23.8 Å². The van der Waals surface area contributed by atoms with Crippen LogP contribution in [0, 0.1) is 0 Å². The van der Waals surface area contributed by atoms with Crippen LogP contribution in [0.5, 0.6) is 11.5 Å². The lowest BCUT2D eigenvalue weighted by molar-refractivity contribution is -0.125. The predicted molar refractivity (Wildman–Crippen MR) is 120 cm³/mol. The number of benzene rings is 3. The maximum atomic E-state index is 12.5. The van der Waals surface area contributed by atoms with Crippen LogP contribution >= 0.6 is 0 Å². The number of carbonyl (C=O) groups excluding carboxylic acids is 2. The number of hydrogen-bond acceptors (Lipinski definition) is 5. The molecule has 3 aromatic rings. The third kappa shape index (κ3) is 4.50. The SMILES string of the molecule is CCCOc1ccc2ccccc2c1/C=N\NC(=O)CN1C(=O)COc2ccccc21. The second-order valence-electron chi connectivity index (χ2n) is 7.08. The second-order valence-corrected chi connectivity index (χ2v) is 7.08. The lowest BCUT2D eigenvalue weighted by atomic mass is 10.0. The molecule has 1 heterocycles. The van der Waals surface area contributed by atoms with Gasteiger partial charge in [-0.05, 0) is 35.4 Å². The van der Waals surface area contributed by atoms with Crippen molar-refractivity contribution in [1.82, 2.24) is 5.43 Å². The molecule has 31 heavy (non-hydrogen) atoms. The number of nitrogens with zero attached hydrogens (tertiary/aromatic N) is 2. The third-order valence-electron chi connectivity index (χ3n) is 4.89. The Hall–Kier alpha value is -3.87. The number of ether oxygens (including phenoxy) is 2. The number of fused-ring (bicyclic) bond motifs is 2. The average molecular weight is 417 g/mol. The highest BCUT2D eigenvalue weighted by Gasteiger charge is 2.26. The molecule has 0 aliphatic carbocycles. The molecule has 0 fully saturated rings. The van der Waals surface area contributed by atoms with Crippen molar-refractivity contribution < 1.29 is 19.1 Å². The Morgan fingerprint density at radius 2 is 1.97 bits per heavy atom. The summed E-state index contributed by atoms with van der Waals surface area (Å²) in [7, 11) is 0. The van der Waals surface area contributed by atoms with Gasteiger partial charge < -0.3 is 9.47 Å². The standard InChI is InChI=1S/C24H23N3O4/c1-2-13-30-21-12-11-17-7-3-4-8-18(17)19(21)14-25-26-23(28)15-27-20-9-5-6-10-22(20)31-16-24(27)29/h3-12,14H,2,13,15-16H2,1H3,(H,26,28)/b25-14-. The lowest BCUT2D eigenvalue weighted by Crippen LogP contribution is -2.44. The second kappa shape index (κ2) is 9.30. The normalized spacial score (nSPS) is 13.2. The maximum absolute atomic E-state index is 12.5. The van der Waals surface area contributed by atoms with Crippen LogP contribution in [-0.4, -0.2) is 37.8 Å². The van der Waals surface area contributed by atoms with Crippen molar-refractivity contribution in [2.45, 2.75) is 13.3 Å². The first-order valence-corrected chi connectivity index (χ1v) is 10.2. The van der Waals surface area contributed by atoms with Crippen LogP contribution in [0.15, 0.2) is 65.8 Å². The lowest BCUT2D eigenvalue weighted by Gasteiger charge is -2.28. The molecule has 1 N–H and O–H groups in total. The molecular weight excluding hydrogens is 394 g/mol. The summed E-state index contributed by atoms with van der Waals surface area (Å²) >= 11 is 0. The van der Waals surface area contributed by atoms with E-state index in [2.05, 4.69) is 10.5 Å². The van der Waals surface area contributed by atoms with Crippen molar-refractivity contribution in [3.05, 3.63) is 66.2 Å². The van der Waals surface area contributed by atoms with Gasteiger partial charge in [0.1, 0.15) is 18.0 Å². The van der Waals surface area contributed by atoms with E-state index >= 15 is 0 Å². The highest BCUT2D eigenvalue weighted by Crippen LogP contribution is 2.31. The Balaban J connectivity index is 1.51. The van der Waals surface area contributed by atoms with Gasteiger partial charge in [0.25, 0.3) is 11.8 Å². The quantitative estimate of drug-likeness (QED) is 0.471. The molecule has 3 aromatic carbocycles. The molecule has 2 amide bonds. The number of carbonyl (C=O) groups is 2. The van der Waals surface area contributed by atoms with Crippen molar-refractivity contribution in [3.63, 3.8) is 0 Å². The number of para-hydroxylation sites is 2. The molecular formula is C24H23N3O4. The van der Waals surface area contributed by atoms with E-state index in [0.717, 1.165) is 22.8 Å². The smallest absolute Gasteiger partial charge is 0.265 e. The summed E-state index contributed by atoms with van der Waals surface area (Å²) in [5.74, 6) is 0.599.